The minimum absolute atomic E-state index is 0.0489. The second-order valence-corrected chi connectivity index (χ2v) is 9.46. The van der Waals surface area contributed by atoms with Gasteiger partial charge >= 0.3 is 0 Å². The second kappa shape index (κ2) is 8.06. The van der Waals surface area contributed by atoms with Gasteiger partial charge in [-0.3, -0.25) is 4.79 Å². The molecule has 1 N–H and O–H groups in total. The van der Waals surface area contributed by atoms with E-state index in [1.165, 1.54) is 35.6 Å². The molecule has 0 radical (unpaired) electrons. The topological polar surface area (TPSA) is 66.5 Å². The van der Waals surface area contributed by atoms with Crippen LogP contribution in [0.2, 0.25) is 0 Å². The first kappa shape index (κ1) is 19.8. The van der Waals surface area contributed by atoms with Gasteiger partial charge in [-0.2, -0.15) is 4.72 Å². The molecule has 1 aromatic heterocycles. The van der Waals surface area contributed by atoms with Crippen molar-refractivity contribution in [2.75, 3.05) is 11.4 Å². The van der Waals surface area contributed by atoms with E-state index in [4.69, 9.17) is 0 Å². The second-order valence-electron chi connectivity index (χ2n) is 6.76. The molecule has 2 heterocycles. The molecule has 150 valence electrons. The fourth-order valence-electron chi connectivity index (χ4n) is 3.35. The zero-order valence-corrected chi connectivity index (χ0v) is 17.0. The van der Waals surface area contributed by atoms with Crippen LogP contribution in [0.4, 0.5) is 10.1 Å². The molecular weight excluding hydrogens is 411 g/mol. The number of nitrogens with one attached hydrogen (secondary N) is 1. The van der Waals surface area contributed by atoms with Crippen LogP contribution in [0.5, 0.6) is 0 Å². The zero-order chi connectivity index (χ0) is 20.4. The lowest BCUT2D eigenvalue weighted by Crippen LogP contribution is -2.29. The quantitative estimate of drug-likeness (QED) is 0.641. The highest BCUT2D eigenvalue weighted by molar-refractivity contribution is 7.89. The largest absolute Gasteiger partial charge is 0.312 e. The summed E-state index contributed by atoms with van der Waals surface area (Å²) in [6.45, 7) is 0.647. The number of anilines is 1. The molecule has 1 fully saturated rings. The molecule has 0 spiro atoms. The van der Waals surface area contributed by atoms with E-state index in [-0.39, 0.29) is 16.6 Å². The fraction of sp³-hybridized carbons (Fsp3) is 0.190. The summed E-state index contributed by atoms with van der Waals surface area (Å²) in [6, 6.07) is 15.1. The number of hydrogen-bond acceptors (Lipinski definition) is 4. The Labute approximate surface area is 172 Å². The van der Waals surface area contributed by atoms with Gasteiger partial charge in [0.1, 0.15) is 5.82 Å². The van der Waals surface area contributed by atoms with Gasteiger partial charge in [-0.1, -0.05) is 18.2 Å². The number of nitrogens with zero attached hydrogens (tertiary/aromatic N) is 1. The first-order valence-corrected chi connectivity index (χ1v) is 11.5. The first-order chi connectivity index (χ1) is 13.9. The van der Waals surface area contributed by atoms with E-state index in [2.05, 4.69) is 4.72 Å². The van der Waals surface area contributed by atoms with E-state index < -0.39 is 16.1 Å². The summed E-state index contributed by atoms with van der Waals surface area (Å²) < 4.78 is 42.1. The Bertz CT molecular complexity index is 1100. The van der Waals surface area contributed by atoms with Gasteiger partial charge in [-0.05, 0) is 59.8 Å². The van der Waals surface area contributed by atoms with E-state index in [9.17, 15) is 17.6 Å². The van der Waals surface area contributed by atoms with Gasteiger partial charge in [0.15, 0.2) is 0 Å². The van der Waals surface area contributed by atoms with Crippen molar-refractivity contribution in [3.05, 3.63) is 82.3 Å². The maximum Gasteiger partial charge on any atom is 0.241 e. The highest BCUT2D eigenvalue weighted by Crippen LogP contribution is 2.29. The predicted octanol–water partition coefficient (Wildman–Crippen LogP) is 4.08. The van der Waals surface area contributed by atoms with Crippen LogP contribution in [-0.4, -0.2) is 20.9 Å². The molecule has 5 nitrogen and oxygen atoms in total. The smallest absolute Gasteiger partial charge is 0.241 e. The van der Waals surface area contributed by atoms with Crippen molar-refractivity contribution in [2.24, 2.45) is 0 Å². The monoisotopic (exact) mass is 430 g/mol. The van der Waals surface area contributed by atoms with Crippen LogP contribution < -0.4 is 9.62 Å². The normalized spacial score (nSPS) is 15.6. The minimum Gasteiger partial charge on any atom is -0.312 e. The lowest BCUT2D eigenvalue weighted by molar-refractivity contribution is -0.117. The molecule has 29 heavy (non-hydrogen) atoms. The number of sulfonamides is 1. The number of carbonyl (C=O) groups excluding carboxylic acids is 1. The van der Waals surface area contributed by atoms with Crippen LogP contribution in [0.15, 0.2) is 70.9 Å². The Morgan fingerprint density at radius 3 is 2.34 bits per heavy atom. The number of amides is 1. The van der Waals surface area contributed by atoms with Crippen molar-refractivity contribution in [3.8, 4) is 0 Å². The van der Waals surface area contributed by atoms with Crippen molar-refractivity contribution in [2.45, 2.75) is 23.8 Å². The molecular formula is C21H19FN2O3S2. The van der Waals surface area contributed by atoms with Gasteiger partial charge in [-0.25, -0.2) is 12.8 Å². The molecule has 0 bridgehead atoms. The third-order valence-electron chi connectivity index (χ3n) is 4.84. The lowest BCUT2D eigenvalue weighted by atomic mass is 10.1. The van der Waals surface area contributed by atoms with Gasteiger partial charge < -0.3 is 4.90 Å². The Hall–Kier alpha value is -2.55. The summed E-state index contributed by atoms with van der Waals surface area (Å²) in [4.78, 5) is 14.5. The number of hydrogen-bond donors (Lipinski definition) is 1. The van der Waals surface area contributed by atoms with Crippen LogP contribution in [0.1, 0.15) is 29.3 Å². The van der Waals surface area contributed by atoms with Crippen LogP contribution in [0, 0.1) is 5.82 Å². The van der Waals surface area contributed by atoms with Crippen LogP contribution in [0.3, 0.4) is 0 Å². The van der Waals surface area contributed by atoms with E-state index >= 15 is 0 Å². The fourth-order valence-corrected chi connectivity index (χ4v) is 5.43. The van der Waals surface area contributed by atoms with Gasteiger partial charge in [0.25, 0.3) is 0 Å². The number of halogens is 1. The van der Waals surface area contributed by atoms with Crippen molar-refractivity contribution in [1.29, 1.82) is 0 Å². The van der Waals surface area contributed by atoms with Gasteiger partial charge in [0, 0.05) is 23.5 Å². The van der Waals surface area contributed by atoms with Crippen molar-refractivity contribution in [3.63, 3.8) is 0 Å². The Morgan fingerprint density at radius 1 is 1.03 bits per heavy atom. The molecule has 8 heteroatoms. The predicted molar refractivity (Wildman–Crippen MR) is 111 cm³/mol. The van der Waals surface area contributed by atoms with Crippen LogP contribution >= 0.6 is 11.3 Å². The average molecular weight is 431 g/mol. The Kier molecular flexibility index (Phi) is 5.49. The van der Waals surface area contributed by atoms with E-state index in [1.54, 1.807) is 29.2 Å². The average Bonchev–Trinajstić information content (AvgIpc) is 3.39. The number of benzene rings is 2. The number of thiophene rings is 1. The highest BCUT2D eigenvalue weighted by atomic mass is 32.2. The molecule has 3 aromatic rings. The maximum absolute atomic E-state index is 13.3. The molecule has 2 aromatic carbocycles. The summed E-state index contributed by atoms with van der Waals surface area (Å²) in [7, 11) is -3.84. The van der Waals surface area contributed by atoms with Gasteiger partial charge in [-0.15, -0.1) is 11.3 Å². The lowest BCUT2D eigenvalue weighted by Gasteiger charge is -2.19. The molecule has 0 unspecified atom stereocenters. The Morgan fingerprint density at radius 2 is 1.76 bits per heavy atom. The summed E-state index contributed by atoms with van der Waals surface area (Å²) in [5.41, 5.74) is 1.34. The zero-order valence-electron chi connectivity index (χ0n) is 15.4. The molecule has 4 rings (SSSR count). The number of rotatable bonds is 6. The molecule has 1 aliphatic rings. The molecule has 1 aliphatic heterocycles. The first-order valence-electron chi connectivity index (χ1n) is 9.16. The Balaban J connectivity index is 1.61. The summed E-state index contributed by atoms with van der Waals surface area (Å²) in [6.07, 6.45) is 1.32. The SMILES string of the molecule is O=C1CCCN1c1ccc(S(=O)(=O)N[C@H](c2ccc(F)cc2)c2cccs2)cc1. The van der Waals surface area contributed by atoms with Crippen molar-refractivity contribution in [1.82, 2.24) is 4.72 Å². The van der Waals surface area contributed by atoms with E-state index in [0.717, 1.165) is 11.3 Å². The van der Waals surface area contributed by atoms with Gasteiger partial charge in [0.05, 0.1) is 10.9 Å². The molecule has 1 amide bonds. The molecule has 1 atom stereocenters. The van der Waals surface area contributed by atoms with Crippen molar-refractivity contribution >= 4 is 33.0 Å². The molecule has 0 saturated carbocycles. The highest BCUT2D eigenvalue weighted by Gasteiger charge is 2.25. The third kappa shape index (κ3) is 4.24. The van der Waals surface area contributed by atoms with Gasteiger partial charge in [0.2, 0.25) is 15.9 Å². The summed E-state index contributed by atoms with van der Waals surface area (Å²) in [5, 5.41) is 1.86. The van der Waals surface area contributed by atoms with Crippen LogP contribution in [-0.2, 0) is 14.8 Å². The molecule has 1 saturated heterocycles. The van der Waals surface area contributed by atoms with Crippen molar-refractivity contribution < 1.29 is 17.6 Å². The summed E-state index contributed by atoms with van der Waals surface area (Å²) >= 11 is 1.42. The third-order valence-corrected chi connectivity index (χ3v) is 7.21. The standard InChI is InChI=1S/C21H19FN2O3S2/c22-16-7-5-15(6-8-16)21(19-3-2-14-28-19)23-29(26,27)18-11-9-17(10-12-18)24-13-1-4-20(24)25/h2-3,5-12,14,21,23H,1,4,13H2/t21-/m1/s1. The van der Waals surface area contributed by atoms with Crippen LogP contribution in [0.25, 0.3) is 0 Å². The number of carbonyl (C=O) groups is 1. The maximum atomic E-state index is 13.3. The minimum atomic E-state index is -3.84. The summed E-state index contributed by atoms with van der Waals surface area (Å²) in [5.74, 6) is -0.332. The van der Waals surface area contributed by atoms with E-state index in [1.807, 2.05) is 17.5 Å². The molecule has 0 aliphatic carbocycles. The van der Waals surface area contributed by atoms with E-state index in [0.29, 0.717) is 24.2 Å².